The lowest BCUT2D eigenvalue weighted by Gasteiger charge is -2.22. The molecule has 1 aromatic heterocycles. The van der Waals surface area contributed by atoms with Gasteiger partial charge in [0, 0.05) is 26.0 Å². The van der Waals surface area contributed by atoms with Gasteiger partial charge in [-0.15, -0.1) is 0 Å². The minimum Gasteiger partial charge on any atom is -0.300 e. The van der Waals surface area contributed by atoms with Gasteiger partial charge >= 0.3 is 0 Å². The highest BCUT2D eigenvalue weighted by molar-refractivity contribution is 6.49. The zero-order chi connectivity index (χ0) is 15.0. The van der Waals surface area contributed by atoms with Crippen LogP contribution in [0.25, 0.3) is 11.3 Å². The lowest BCUT2D eigenvalue weighted by molar-refractivity contribution is -0.124. The van der Waals surface area contributed by atoms with Gasteiger partial charge in [-0.2, -0.15) is 5.10 Å². The molecule has 106 valence electrons. The van der Waals surface area contributed by atoms with Crippen LogP contribution < -0.4 is 4.90 Å². The van der Waals surface area contributed by atoms with Crippen LogP contribution >= 0.6 is 0 Å². The standard InChI is InChI=1S/C15H14N4O2/c1-18-12(10-5-3-2-4-6-10)9-13(17-18)19-14(20)8-7-11(16)15(19)21/h2-6,9,16H,7-8H2,1H3. The Hall–Kier alpha value is -2.76. The first-order chi connectivity index (χ1) is 10.1. The molecule has 6 heteroatoms. The maximum Gasteiger partial charge on any atom is 0.279 e. The van der Waals surface area contributed by atoms with E-state index in [0.29, 0.717) is 0 Å². The molecule has 1 aliphatic rings. The number of amides is 2. The Balaban J connectivity index is 2.03. The molecular weight excluding hydrogens is 268 g/mol. The van der Waals surface area contributed by atoms with Gasteiger partial charge in [0.1, 0.15) is 0 Å². The van der Waals surface area contributed by atoms with Crippen LogP contribution in [0.5, 0.6) is 0 Å². The minimum atomic E-state index is -0.580. The second-order valence-electron chi connectivity index (χ2n) is 4.89. The topological polar surface area (TPSA) is 79.1 Å². The summed E-state index contributed by atoms with van der Waals surface area (Å²) in [5.74, 6) is -0.617. The van der Waals surface area contributed by atoms with Gasteiger partial charge in [0.15, 0.2) is 5.82 Å². The molecule has 6 nitrogen and oxygen atoms in total. The predicted octanol–water partition coefficient (Wildman–Crippen LogP) is 1.76. The van der Waals surface area contributed by atoms with Gasteiger partial charge in [-0.05, 0) is 5.56 Å². The normalized spacial score (nSPS) is 15.7. The van der Waals surface area contributed by atoms with Crippen LogP contribution in [0.1, 0.15) is 12.8 Å². The number of nitrogens with one attached hydrogen (secondary N) is 1. The first-order valence-electron chi connectivity index (χ1n) is 6.62. The molecule has 0 radical (unpaired) electrons. The highest BCUT2D eigenvalue weighted by atomic mass is 16.2. The van der Waals surface area contributed by atoms with Crippen LogP contribution in [0.3, 0.4) is 0 Å². The Morgan fingerprint density at radius 2 is 1.86 bits per heavy atom. The van der Waals surface area contributed by atoms with Gasteiger partial charge < -0.3 is 0 Å². The smallest absolute Gasteiger partial charge is 0.279 e. The van der Waals surface area contributed by atoms with E-state index in [1.165, 1.54) is 0 Å². The molecule has 2 heterocycles. The van der Waals surface area contributed by atoms with Crippen molar-refractivity contribution in [3.05, 3.63) is 36.4 Å². The Labute approximate surface area is 121 Å². The van der Waals surface area contributed by atoms with E-state index in [1.54, 1.807) is 17.8 Å². The number of imide groups is 1. The quantitative estimate of drug-likeness (QED) is 0.852. The lowest BCUT2D eigenvalue weighted by atomic mass is 10.1. The van der Waals surface area contributed by atoms with E-state index in [4.69, 9.17) is 5.41 Å². The van der Waals surface area contributed by atoms with Crippen molar-refractivity contribution in [3.63, 3.8) is 0 Å². The summed E-state index contributed by atoms with van der Waals surface area (Å²) in [6.07, 6.45) is 0.369. The molecule has 0 atom stereocenters. The van der Waals surface area contributed by atoms with Crippen LogP contribution in [0.4, 0.5) is 5.82 Å². The largest absolute Gasteiger partial charge is 0.300 e. The maximum atomic E-state index is 12.0. The maximum absolute atomic E-state index is 12.0. The fraction of sp³-hybridized carbons (Fsp3) is 0.200. The van der Waals surface area contributed by atoms with Gasteiger partial charge in [0.05, 0.1) is 11.4 Å². The summed E-state index contributed by atoms with van der Waals surface area (Å²) in [5.41, 5.74) is 1.70. The van der Waals surface area contributed by atoms with Crippen LogP contribution in [0, 0.1) is 5.41 Å². The summed E-state index contributed by atoms with van der Waals surface area (Å²) in [4.78, 5) is 25.0. The molecule has 1 N–H and O–H groups in total. The van der Waals surface area contributed by atoms with Gasteiger partial charge in [0.25, 0.3) is 5.91 Å². The van der Waals surface area contributed by atoms with Crippen LogP contribution in [-0.4, -0.2) is 27.3 Å². The number of piperidine rings is 1. The molecule has 1 fully saturated rings. The minimum absolute atomic E-state index is 0.0542. The number of nitrogens with zero attached hydrogens (tertiary/aromatic N) is 3. The molecule has 1 aliphatic heterocycles. The van der Waals surface area contributed by atoms with Crippen molar-refractivity contribution < 1.29 is 9.59 Å². The van der Waals surface area contributed by atoms with Gasteiger partial charge in [0.2, 0.25) is 5.91 Å². The summed E-state index contributed by atoms with van der Waals surface area (Å²) < 4.78 is 1.63. The van der Waals surface area contributed by atoms with E-state index in [2.05, 4.69) is 5.10 Å². The summed E-state index contributed by atoms with van der Waals surface area (Å²) in [6, 6.07) is 11.3. The highest BCUT2D eigenvalue weighted by Crippen LogP contribution is 2.26. The van der Waals surface area contributed by atoms with E-state index >= 15 is 0 Å². The number of hydrogen-bond donors (Lipinski definition) is 1. The summed E-state index contributed by atoms with van der Waals surface area (Å²) >= 11 is 0. The van der Waals surface area contributed by atoms with Crippen LogP contribution in [0.15, 0.2) is 36.4 Å². The van der Waals surface area contributed by atoms with E-state index in [0.717, 1.165) is 16.2 Å². The number of benzene rings is 1. The third-order valence-electron chi connectivity index (χ3n) is 3.47. The fourth-order valence-electron chi connectivity index (χ4n) is 2.37. The summed E-state index contributed by atoms with van der Waals surface area (Å²) in [6.45, 7) is 0. The summed E-state index contributed by atoms with van der Waals surface area (Å²) in [7, 11) is 1.76. The summed E-state index contributed by atoms with van der Waals surface area (Å²) in [5, 5.41) is 11.9. The Kier molecular flexibility index (Phi) is 3.13. The molecule has 21 heavy (non-hydrogen) atoms. The van der Waals surface area contributed by atoms with Crippen molar-refractivity contribution in [2.75, 3.05) is 4.90 Å². The number of anilines is 1. The van der Waals surface area contributed by atoms with E-state index < -0.39 is 5.91 Å². The Morgan fingerprint density at radius 1 is 1.14 bits per heavy atom. The third kappa shape index (κ3) is 2.24. The molecule has 1 aromatic carbocycles. The lowest BCUT2D eigenvalue weighted by Crippen LogP contribution is -2.45. The molecular formula is C15H14N4O2. The van der Waals surface area contributed by atoms with Crippen molar-refractivity contribution >= 4 is 23.3 Å². The molecule has 0 bridgehead atoms. The highest BCUT2D eigenvalue weighted by Gasteiger charge is 2.33. The van der Waals surface area contributed by atoms with Gasteiger partial charge in [-0.1, -0.05) is 30.3 Å². The van der Waals surface area contributed by atoms with Gasteiger partial charge in [-0.25, -0.2) is 4.90 Å². The molecule has 0 aliphatic carbocycles. The number of carbonyl (C=O) groups excluding carboxylic acids is 2. The van der Waals surface area contributed by atoms with Crippen molar-refractivity contribution in [2.24, 2.45) is 7.05 Å². The molecule has 3 rings (SSSR count). The first-order valence-corrected chi connectivity index (χ1v) is 6.62. The zero-order valence-electron chi connectivity index (χ0n) is 11.5. The van der Waals surface area contributed by atoms with Crippen molar-refractivity contribution in [1.82, 2.24) is 9.78 Å². The Bertz CT molecular complexity index is 733. The van der Waals surface area contributed by atoms with E-state index in [9.17, 15) is 9.59 Å². The number of carbonyl (C=O) groups is 2. The molecule has 2 amide bonds. The Morgan fingerprint density at radius 3 is 2.57 bits per heavy atom. The zero-order valence-corrected chi connectivity index (χ0v) is 11.5. The van der Waals surface area contributed by atoms with Crippen molar-refractivity contribution in [1.29, 1.82) is 5.41 Å². The van der Waals surface area contributed by atoms with Crippen LogP contribution in [0.2, 0.25) is 0 Å². The third-order valence-corrected chi connectivity index (χ3v) is 3.47. The molecule has 0 saturated carbocycles. The molecule has 2 aromatic rings. The van der Waals surface area contributed by atoms with Gasteiger partial charge in [-0.3, -0.25) is 19.7 Å². The molecule has 0 spiro atoms. The van der Waals surface area contributed by atoms with Crippen molar-refractivity contribution in [3.8, 4) is 11.3 Å². The average Bonchev–Trinajstić information content (AvgIpc) is 2.86. The number of hydrogen-bond acceptors (Lipinski definition) is 4. The SMILES string of the molecule is Cn1nc(N2C(=O)CCC(=N)C2=O)cc1-c1ccccc1. The number of rotatable bonds is 2. The van der Waals surface area contributed by atoms with E-state index in [1.807, 2.05) is 30.3 Å². The first kappa shape index (κ1) is 13.2. The predicted molar refractivity (Wildman–Crippen MR) is 78.1 cm³/mol. The second kappa shape index (κ2) is 4.97. The molecule has 0 unspecified atom stereocenters. The van der Waals surface area contributed by atoms with Crippen molar-refractivity contribution in [2.45, 2.75) is 12.8 Å². The average molecular weight is 282 g/mol. The number of aromatic nitrogens is 2. The van der Waals surface area contributed by atoms with Crippen LogP contribution in [-0.2, 0) is 16.6 Å². The second-order valence-corrected chi connectivity index (χ2v) is 4.89. The van der Waals surface area contributed by atoms with E-state index in [-0.39, 0.29) is 30.3 Å². The number of aryl methyl sites for hydroxylation is 1. The monoisotopic (exact) mass is 282 g/mol. The molecule has 1 saturated heterocycles. The fourth-order valence-corrected chi connectivity index (χ4v) is 2.37.